The predicted molar refractivity (Wildman–Crippen MR) is 70.0 cm³/mol. The zero-order valence-corrected chi connectivity index (χ0v) is 10.4. The Kier molecular flexibility index (Phi) is 3.57. The quantitative estimate of drug-likeness (QED) is 0.865. The first kappa shape index (κ1) is 11.1. The maximum atomic E-state index is 4.31. The summed E-state index contributed by atoms with van der Waals surface area (Å²) in [5.41, 5.74) is 2.53. The molecule has 1 unspecified atom stereocenters. The number of benzene rings is 1. The van der Waals surface area contributed by atoms with Crippen LogP contribution in [0, 0.1) is 0 Å². The molecular weight excluding hydrogens is 216 g/mol. The summed E-state index contributed by atoms with van der Waals surface area (Å²) in [7, 11) is 0. The van der Waals surface area contributed by atoms with Gasteiger partial charge in [-0.3, -0.25) is 0 Å². The van der Waals surface area contributed by atoms with Gasteiger partial charge in [-0.1, -0.05) is 19.1 Å². The van der Waals surface area contributed by atoms with E-state index >= 15 is 0 Å². The number of nitrogens with one attached hydrogen (secondary N) is 1. The largest absolute Gasteiger partial charge is 0.376 e. The van der Waals surface area contributed by atoms with Crippen molar-refractivity contribution in [3.63, 3.8) is 0 Å². The predicted octanol–water partition coefficient (Wildman–Crippen LogP) is 3.88. The second-order valence-corrected chi connectivity index (χ2v) is 4.72. The zero-order chi connectivity index (χ0) is 11.4. The van der Waals surface area contributed by atoms with Gasteiger partial charge in [-0.15, -0.1) is 11.3 Å². The fourth-order valence-corrected chi connectivity index (χ4v) is 2.29. The molecule has 0 bridgehead atoms. The maximum absolute atomic E-state index is 4.31. The summed E-state index contributed by atoms with van der Waals surface area (Å²) in [5.74, 6) is 0. The van der Waals surface area contributed by atoms with Gasteiger partial charge in [-0.05, 0) is 31.0 Å². The highest BCUT2D eigenvalue weighted by Crippen LogP contribution is 2.21. The van der Waals surface area contributed by atoms with Crippen LogP contribution in [0.1, 0.15) is 30.5 Å². The van der Waals surface area contributed by atoms with Crippen LogP contribution >= 0.6 is 11.3 Å². The van der Waals surface area contributed by atoms with Crippen LogP contribution in [-0.4, -0.2) is 4.98 Å². The molecule has 0 aliphatic heterocycles. The van der Waals surface area contributed by atoms with E-state index in [0.717, 1.165) is 11.4 Å². The van der Waals surface area contributed by atoms with Gasteiger partial charge in [0.05, 0.1) is 6.04 Å². The van der Waals surface area contributed by atoms with Crippen molar-refractivity contribution in [2.24, 2.45) is 0 Å². The second kappa shape index (κ2) is 5.12. The minimum absolute atomic E-state index is 0.270. The second-order valence-electron chi connectivity index (χ2n) is 3.79. The van der Waals surface area contributed by atoms with Crippen molar-refractivity contribution in [1.29, 1.82) is 0 Å². The molecule has 2 nitrogen and oxygen atoms in total. The summed E-state index contributed by atoms with van der Waals surface area (Å²) in [6.07, 6.45) is 2.92. The SMILES string of the molecule is CCc1cccc(NC(C)c2nccs2)c1. The van der Waals surface area contributed by atoms with Crippen molar-refractivity contribution in [3.8, 4) is 0 Å². The molecule has 0 spiro atoms. The monoisotopic (exact) mass is 232 g/mol. The van der Waals surface area contributed by atoms with E-state index in [-0.39, 0.29) is 6.04 Å². The standard InChI is InChI=1S/C13H16N2S/c1-3-11-5-4-6-12(9-11)15-10(2)13-14-7-8-16-13/h4-10,15H,3H2,1-2H3. The number of aryl methyl sites for hydroxylation is 1. The molecule has 1 aromatic carbocycles. The molecule has 0 amide bonds. The lowest BCUT2D eigenvalue weighted by Crippen LogP contribution is -2.06. The van der Waals surface area contributed by atoms with Gasteiger partial charge in [-0.25, -0.2) is 4.98 Å². The average molecular weight is 232 g/mol. The number of anilines is 1. The zero-order valence-electron chi connectivity index (χ0n) is 9.60. The van der Waals surface area contributed by atoms with E-state index in [1.165, 1.54) is 11.3 Å². The number of hydrogen-bond acceptors (Lipinski definition) is 3. The van der Waals surface area contributed by atoms with Gasteiger partial charge in [0.1, 0.15) is 5.01 Å². The molecule has 1 atom stereocenters. The third kappa shape index (κ3) is 2.61. The van der Waals surface area contributed by atoms with E-state index in [1.54, 1.807) is 11.3 Å². The van der Waals surface area contributed by atoms with E-state index in [2.05, 4.69) is 48.4 Å². The normalized spacial score (nSPS) is 12.4. The molecule has 0 saturated carbocycles. The molecule has 0 fully saturated rings. The Balaban J connectivity index is 2.08. The smallest absolute Gasteiger partial charge is 0.115 e. The lowest BCUT2D eigenvalue weighted by molar-refractivity contribution is 0.869. The number of rotatable bonds is 4. The van der Waals surface area contributed by atoms with E-state index in [9.17, 15) is 0 Å². The van der Waals surface area contributed by atoms with Crippen molar-refractivity contribution in [1.82, 2.24) is 4.98 Å². The average Bonchev–Trinajstić information content (AvgIpc) is 2.83. The number of hydrogen-bond donors (Lipinski definition) is 1. The Bertz CT molecular complexity index is 437. The molecule has 1 N–H and O–H groups in total. The van der Waals surface area contributed by atoms with Crippen molar-refractivity contribution in [3.05, 3.63) is 46.4 Å². The molecule has 0 aliphatic carbocycles. The number of thiazole rings is 1. The van der Waals surface area contributed by atoms with Gasteiger partial charge < -0.3 is 5.32 Å². The molecular formula is C13H16N2S. The molecule has 2 aromatic rings. The Morgan fingerprint density at radius 1 is 1.44 bits per heavy atom. The Hall–Kier alpha value is -1.35. The van der Waals surface area contributed by atoms with E-state index in [0.29, 0.717) is 0 Å². The highest BCUT2D eigenvalue weighted by Gasteiger charge is 2.07. The third-order valence-electron chi connectivity index (χ3n) is 2.54. The van der Waals surface area contributed by atoms with Crippen LogP contribution in [0.15, 0.2) is 35.8 Å². The van der Waals surface area contributed by atoms with Crippen molar-refractivity contribution >= 4 is 17.0 Å². The molecule has 2 rings (SSSR count). The summed E-state index contributed by atoms with van der Waals surface area (Å²) in [4.78, 5) is 4.31. The molecule has 3 heteroatoms. The van der Waals surface area contributed by atoms with Gasteiger partial charge in [-0.2, -0.15) is 0 Å². The fourth-order valence-electron chi connectivity index (χ4n) is 1.64. The third-order valence-corrected chi connectivity index (χ3v) is 3.50. The van der Waals surface area contributed by atoms with E-state index in [1.807, 2.05) is 11.6 Å². The van der Waals surface area contributed by atoms with E-state index < -0.39 is 0 Å². The summed E-state index contributed by atoms with van der Waals surface area (Å²) >= 11 is 1.69. The number of nitrogens with zero attached hydrogens (tertiary/aromatic N) is 1. The van der Waals surface area contributed by atoms with Crippen LogP contribution in [0.2, 0.25) is 0 Å². The highest BCUT2D eigenvalue weighted by atomic mass is 32.1. The van der Waals surface area contributed by atoms with Crippen molar-refractivity contribution in [2.45, 2.75) is 26.3 Å². The summed E-state index contributed by atoms with van der Waals surface area (Å²) < 4.78 is 0. The van der Waals surface area contributed by atoms with Crippen LogP contribution in [0.5, 0.6) is 0 Å². The first-order valence-corrected chi connectivity index (χ1v) is 6.42. The number of aromatic nitrogens is 1. The fraction of sp³-hybridized carbons (Fsp3) is 0.308. The van der Waals surface area contributed by atoms with Gasteiger partial charge in [0.15, 0.2) is 0 Å². The van der Waals surface area contributed by atoms with Crippen LogP contribution in [0.4, 0.5) is 5.69 Å². The Morgan fingerprint density at radius 2 is 2.31 bits per heavy atom. The lowest BCUT2D eigenvalue weighted by Gasteiger charge is -2.13. The van der Waals surface area contributed by atoms with Crippen molar-refractivity contribution < 1.29 is 0 Å². The maximum Gasteiger partial charge on any atom is 0.115 e. The molecule has 0 saturated heterocycles. The van der Waals surface area contributed by atoms with Crippen LogP contribution < -0.4 is 5.32 Å². The molecule has 0 aliphatic rings. The summed E-state index contributed by atoms with van der Waals surface area (Å²) in [5, 5.41) is 6.60. The van der Waals surface area contributed by atoms with Crippen LogP contribution in [-0.2, 0) is 6.42 Å². The minimum Gasteiger partial charge on any atom is -0.376 e. The van der Waals surface area contributed by atoms with Crippen LogP contribution in [0.3, 0.4) is 0 Å². The first-order valence-electron chi connectivity index (χ1n) is 5.54. The molecule has 1 aromatic heterocycles. The van der Waals surface area contributed by atoms with Gasteiger partial charge in [0.2, 0.25) is 0 Å². The minimum atomic E-state index is 0.270. The van der Waals surface area contributed by atoms with E-state index in [4.69, 9.17) is 0 Å². The summed E-state index contributed by atoms with van der Waals surface area (Å²) in [6.45, 7) is 4.31. The van der Waals surface area contributed by atoms with Crippen molar-refractivity contribution in [2.75, 3.05) is 5.32 Å². The summed E-state index contributed by atoms with van der Waals surface area (Å²) in [6, 6.07) is 8.81. The Labute approximate surface area is 100 Å². The molecule has 16 heavy (non-hydrogen) atoms. The van der Waals surface area contributed by atoms with Gasteiger partial charge >= 0.3 is 0 Å². The topological polar surface area (TPSA) is 24.9 Å². The molecule has 1 heterocycles. The molecule has 0 radical (unpaired) electrons. The molecule has 84 valence electrons. The van der Waals surface area contributed by atoms with Gasteiger partial charge in [0, 0.05) is 17.3 Å². The lowest BCUT2D eigenvalue weighted by atomic mass is 10.1. The first-order chi connectivity index (χ1) is 7.79. The van der Waals surface area contributed by atoms with Gasteiger partial charge in [0.25, 0.3) is 0 Å². The Morgan fingerprint density at radius 3 is 3.00 bits per heavy atom. The van der Waals surface area contributed by atoms with Crippen LogP contribution in [0.25, 0.3) is 0 Å². The highest BCUT2D eigenvalue weighted by molar-refractivity contribution is 7.09.